The monoisotopic (exact) mass is 237 g/mol. The number of halogens is 2. The first-order chi connectivity index (χ1) is 7.74. The fraction of sp³-hybridized carbons (Fsp3) is 0.0833. The van der Waals surface area contributed by atoms with E-state index in [1.165, 1.54) is 18.3 Å². The van der Waals surface area contributed by atoms with Gasteiger partial charge < -0.3 is 4.74 Å². The molecule has 4 heteroatoms. The third-order valence-corrected chi connectivity index (χ3v) is 2.22. The first kappa shape index (κ1) is 10.9. The molecule has 1 heterocycles. The molecule has 0 radical (unpaired) electrons. The van der Waals surface area contributed by atoms with Gasteiger partial charge in [-0.15, -0.1) is 0 Å². The van der Waals surface area contributed by atoms with Crippen LogP contribution in [0.4, 0.5) is 4.39 Å². The maximum Gasteiger partial charge on any atom is 0.138 e. The molecule has 0 atom stereocenters. The van der Waals surface area contributed by atoms with E-state index in [-0.39, 0.29) is 5.82 Å². The lowest BCUT2D eigenvalue weighted by molar-refractivity contribution is 0.304. The predicted octanol–water partition coefficient (Wildman–Crippen LogP) is 3.45. The molecule has 0 N–H and O–H groups in total. The van der Waals surface area contributed by atoms with Gasteiger partial charge in [0, 0.05) is 0 Å². The van der Waals surface area contributed by atoms with Gasteiger partial charge in [0.25, 0.3) is 0 Å². The van der Waals surface area contributed by atoms with E-state index in [2.05, 4.69) is 4.98 Å². The molecule has 1 aromatic carbocycles. The molecule has 0 bridgehead atoms. The largest absolute Gasteiger partial charge is 0.487 e. The molecule has 0 aliphatic heterocycles. The average Bonchev–Trinajstić information content (AvgIpc) is 2.28. The minimum absolute atomic E-state index is 0.268. The topological polar surface area (TPSA) is 22.1 Å². The first-order valence-corrected chi connectivity index (χ1v) is 5.10. The van der Waals surface area contributed by atoms with Crippen LogP contribution in [0.15, 0.2) is 42.6 Å². The van der Waals surface area contributed by atoms with Crippen LogP contribution in [0.5, 0.6) is 5.75 Å². The van der Waals surface area contributed by atoms with Crippen LogP contribution in [-0.2, 0) is 6.61 Å². The molecule has 2 rings (SSSR count). The Hall–Kier alpha value is -1.61. The van der Waals surface area contributed by atoms with Gasteiger partial charge in [-0.3, -0.25) is 0 Å². The smallest absolute Gasteiger partial charge is 0.138 e. The molecule has 0 unspecified atom stereocenters. The van der Waals surface area contributed by atoms with E-state index < -0.39 is 0 Å². The molecule has 0 fully saturated rings. The third kappa shape index (κ3) is 2.94. The number of benzene rings is 1. The standard InChI is InChI=1S/C12H9ClFNO/c13-12-5-4-11(7-15-12)16-8-9-2-1-3-10(14)6-9/h1-7H,8H2. The number of nitrogens with zero attached hydrogens (tertiary/aromatic N) is 1. The Bertz CT molecular complexity index is 473. The van der Waals surface area contributed by atoms with Crippen molar-refractivity contribution < 1.29 is 9.13 Å². The molecule has 16 heavy (non-hydrogen) atoms. The van der Waals surface area contributed by atoms with Crippen molar-refractivity contribution in [2.75, 3.05) is 0 Å². The summed E-state index contributed by atoms with van der Waals surface area (Å²) in [6, 6.07) is 9.63. The van der Waals surface area contributed by atoms with Gasteiger partial charge >= 0.3 is 0 Å². The van der Waals surface area contributed by atoms with Gasteiger partial charge in [-0.1, -0.05) is 23.7 Å². The first-order valence-electron chi connectivity index (χ1n) is 4.73. The molecule has 0 spiro atoms. The highest BCUT2D eigenvalue weighted by Gasteiger charge is 1.98. The number of hydrogen-bond acceptors (Lipinski definition) is 2. The van der Waals surface area contributed by atoms with Crippen LogP contribution >= 0.6 is 11.6 Å². The van der Waals surface area contributed by atoms with Gasteiger partial charge in [0.15, 0.2) is 0 Å². The zero-order chi connectivity index (χ0) is 11.4. The van der Waals surface area contributed by atoms with Crippen molar-refractivity contribution in [2.24, 2.45) is 0 Å². The van der Waals surface area contributed by atoms with Crippen molar-refractivity contribution in [2.45, 2.75) is 6.61 Å². The number of rotatable bonds is 3. The summed E-state index contributed by atoms with van der Waals surface area (Å²) in [4.78, 5) is 3.88. The summed E-state index contributed by atoms with van der Waals surface area (Å²) in [7, 11) is 0. The van der Waals surface area contributed by atoms with Gasteiger partial charge in [-0.2, -0.15) is 0 Å². The highest BCUT2D eigenvalue weighted by atomic mass is 35.5. The van der Waals surface area contributed by atoms with Gasteiger partial charge in [0.05, 0.1) is 6.20 Å². The summed E-state index contributed by atoms with van der Waals surface area (Å²) in [6.45, 7) is 0.307. The van der Waals surface area contributed by atoms with E-state index >= 15 is 0 Å². The molecule has 0 saturated heterocycles. The average molecular weight is 238 g/mol. The Morgan fingerprint density at radius 2 is 2.12 bits per heavy atom. The summed E-state index contributed by atoms with van der Waals surface area (Å²) >= 11 is 5.63. The second kappa shape index (κ2) is 4.94. The quantitative estimate of drug-likeness (QED) is 0.763. The maximum atomic E-state index is 12.9. The lowest BCUT2D eigenvalue weighted by Gasteiger charge is -2.05. The highest BCUT2D eigenvalue weighted by Crippen LogP contribution is 2.14. The van der Waals surface area contributed by atoms with Gasteiger partial charge in [-0.25, -0.2) is 9.37 Å². The summed E-state index contributed by atoms with van der Waals surface area (Å²) in [5.41, 5.74) is 0.773. The number of hydrogen-bond donors (Lipinski definition) is 0. The molecule has 2 aromatic rings. The predicted molar refractivity (Wildman–Crippen MR) is 60.0 cm³/mol. The van der Waals surface area contributed by atoms with Crippen LogP contribution in [0.2, 0.25) is 5.15 Å². The Balaban J connectivity index is 1.99. The summed E-state index contributed by atoms with van der Waals surface area (Å²) in [6.07, 6.45) is 1.53. The van der Waals surface area contributed by atoms with Crippen molar-refractivity contribution in [3.8, 4) is 5.75 Å². The van der Waals surface area contributed by atoms with Crippen molar-refractivity contribution in [3.63, 3.8) is 0 Å². The molecule has 0 amide bonds. The van der Waals surface area contributed by atoms with Crippen molar-refractivity contribution in [3.05, 3.63) is 59.1 Å². The Kier molecular flexibility index (Phi) is 3.37. The van der Waals surface area contributed by atoms with E-state index in [4.69, 9.17) is 16.3 Å². The molecule has 2 nitrogen and oxygen atoms in total. The summed E-state index contributed by atoms with van der Waals surface area (Å²) in [5.74, 6) is 0.337. The summed E-state index contributed by atoms with van der Waals surface area (Å²) in [5, 5.41) is 0.415. The molecular formula is C12H9ClFNO. The Labute approximate surface area is 97.7 Å². The Morgan fingerprint density at radius 1 is 1.25 bits per heavy atom. The van der Waals surface area contributed by atoms with E-state index in [0.29, 0.717) is 17.5 Å². The summed E-state index contributed by atoms with van der Waals surface area (Å²) < 4.78 is 18.3. The maximum absolute atomic E-state index is 12.9. The van der Waals surface area contributed by atoms with Crippen molar-refractivity contribution in [1.29, 1.82) is 0 Å². The van der Waals surface area contributed by atoms with E-state index in [1.54, 1.807) is 24.3 Å². The second-order valence-corrected chi connectivity index (χ2v) is 3.62. The van der Waals surface area contributed by atoms with Gasteiger partial charge in [-0.05, 0) is 29.8 Å². The lowest BCUT2D eigenvalue weighted by Crippen LogP contribution is -1.96. The van der Waals surface area contributed by atoms with E-state index in [0.717, 1.165) is 5.56 Å². The van der Waals surface area contributed by atoms with Gasteiger partial charge in [0.2, 0.25) is 0 Å². The SMILES string of the molecule is Fc1cccc(COc2ccc(Cl)nc2)c1. The molecule has 0 aliphatic rings. The molecule has 0 aliphatic carbocycles. The van der Waals surface area contributed by atoms with Crippen LogP contribution in [0, 0.1) is 5.82 Å². The van der Waals surface area contributed by atoms with Crippen LogP contribution in [0.25, 0.3) is 0 Å². The number of ether oxygens (including phenoxy) is 1. The van der Waals surface area contributed by atoms with Gasteiger partial charge in [0.1, 0.15) is 23.3 Å². The minimum Gasteiger partial charge on any atom is -0.487 e. The molecule has 0 saturated carbocycles. The normalized spacial score (nSPS) is 10.1. The number of aromatic nitrogens is 1. The molecular weight excluding hydrogens is 229 g/mol. The fourth-order valence-electron chi connectivity index (χ4n) is 1.24. The fourth-order valence-corrected chi connectivity index (χ4v) is 1.35. The molecule has 82 valence electrons. The van der Waals surface area contributed by atoms with Crippen LogP contribution in [0.1, 0.15) is 5.56 Å². The minimum atomic E-state index is -0.268. The molecule has 1 aromatic heterocycles. The van der Waals surface area contributed by atoms with Crippen LogP contribution in [0.3, 0.4) is 0 Å². The zero-order valence-corrected chi connectivity index (χ0v) is 9.12. The van der Waals surface area contributed by atoms with E-state index in [1.807, 2.05) is 0 Å². The Morgan fingerprint density at radius 3 is 2.81 bits per heavy atom. The van der Waals surface area contributed by atoms with Crippen molar-refractivity contribution in [1.82, 2.24) is 4.98 Å². The van der Waals surface area contributed by atoms with Crippen LogP contribution < -0.4 is 4.74 Å². The van der Waals surface area contributed by atoms with Crippen LogP contribution in [-0.4, -0.2) is 4.98 Å². The van der Waals surface area contributed by atoms with E-state index in [9.17, 15) is 4.39 Å². The van der Waals surface area contributed by atoms with Crippen molar-refractivity contribution >= 4 is 11.6 Å². The highest BCUT2D eigenvalue weighted by molar-refractivity contribution is 6.29. The lowest BCUT2D eigenvalue weighted by atomic mass is 10.2. The number of pyridine rings is 1. The zero-order valence-electron chi connectivity index (χ0n) is 8.36. The third-order valence-electron chi connectivity index (χ3n) is 1.99. The second-order valence-electron chi connectivity index (χ2n) is 3.24.